The van der Waals surface area contributed by atoms with Gasteiger partial charge in [0.15, 0.2) is 0 Å². The summed E-state index contributed by atoms with van der Waals surface area (Å²) in [5.74, 6) is 0.812. The third kappa shape index (κ3) is 4.69. The molecule has 0 saturated carbocycles. The topological polar surface area (TPSA) is 61.0 Å². The Hall–Kier alpha value is -0.810. The fourth-order valence-electron chi connectivity index (χ4n) is 0.829. The Labute approximate surface area is 88.1 Å². The third-order valence-electron chi connectivity index (χ3n) is 1.45. The van der Waals surface area contributed by atoms with Crippen molar-refractivity contribution in [1.29, 1.82) is 0 Å². The van der Waals surface area contributed by atoms with Crippen LogP contribution in [0.15, 0.2) is 12.4 Å². The summed E-state index contributed by atoms with van der Waals surface area (Å²) in [6.07, 6.45) is 3.37. The highest BCUT2D eigenvalue weighted by molar-refractivity contribution is 5.85. The van der Waals surface area contributed by atoms with Gasteiger partial charge in [-0.1, -0.05) is 0 Å². The Bertz CT molecular complexity index is 264. The molecule has 0 bridgehead atoms. The number of aryl methyl sites for hydroxylation is 1. The van der Waals surface area contributed by atoms with E-state index in [1.807, 2.05) is 6.92 Å². The van der Waals surface area contributed by atoms with Gasteiger partial charge in [-0.05, 0) is 6.92 Å². The molecule has 5 nitrogen and oxygen atoms in total. The number of imidazole rings is 1. The Morgan fingerprint density at radius 1 is 1.62 bits per heavy atom. The summed E-state index contributed by atoms with van der Waals surface area (Å²) in [6.45, 7) is 2.18. The summed E-state index contributed by atoms with van der Waals surface area (Å²) < 4.78 is 1.75. The number of nitrogens with zero attached hydrogens (tertiary/aromatic N) is 3. The van der Waals surface area contributed by atoms with E-state index < -0.39 is 0 Å². The first kappa shape index (κ1) is 14.7. The maximum atomic E-state index is 9.98. The second-order valence-electron chi connectivity index (χ2n) is 2.22. The molecular formula is C6H11Cl2N3O2. The van der Waals surface area contributed by atoms with Crippen molar-refractivity contribution in [1.82, 2.24) is 9.55 Å². The quantitative estimate of drug-likeness (QED) is 0.578. The van der Waals surface area contributed by atoms with Gasteiger partial charge in [0.2, 0.25) is 6.54 Å². The van der Waals surface area contributed by atoms with E-state index in [4.69, 9.17) is 0 Å². The summed E-state index contributed by atoms with van der Waals surface area (Å²) in [7, 11) is 0. The van der Waals surface area contributed by atoms with Gasteiger partial charge in [-0.15, -0.1) is 24.8 Å². The van der Waals surface area contributed by atoms with Crippen LogP contribution in [0.25, 0.3) is 0 Å². The largest absolute Gasteiger partial charge is 0.329 e. The lowest BCUT2D eigenvalue weighted by molar-refractivity contribution is -0.481. The molecule has 1 heterocycles. The first-order valence-electron chi connectivity index (χ1n) is 3.29. The van der Waals surface area contributed by atoms with E-state index in [2.05, 4.69) is 4.98 Å². The lowest BCUT2D eigenvalue weighted by Gasteiger charge is -1.98. The highest BCUT2D eigenvalue weighted by Crippen LogP contribution is 1.93. The molecule has 0 amide bonds. The Morgan fingerprint density at radius 2 is 2.23 bits per heavy atom. The minimum Gasteiger partial charge on any atom is -0.329 e. The average Bonchev–Trinajstić information content (AvgIpc) is 2.31. The lowest BCUT2D eigenvalue weighted by atomic mass is 10.6. The van der Waals surface area contributed by atoms with Crippen LogP contribution in [0.4, 0.5) is 0 Å². The van der Waals surface area contributed by atoms with Gasteiger partial charge in [0.1, 0.15) is 5.82 Å². The molecule has 0 aromatic carbocycles. The minimum atomic E-state index is -0.334. The molecule has 0 N–H and O–H groups in total. The molecular weight excluding hydrogens is 217 g/mol. The molecule has 1 rings (SSSR count). The second kappa shape index (κ2) is 6.68. The van der Waals surface area contributed by atoms with Gasteiger partial charge in [-0.2, -0.15) is 0 Å². The van der Waals surface area contributed by atoms with Crippen LogP contribution < -0.4 is 0 Å². The minimum absolute atomic E-state index is 0. The van der Waals surface area contributed by atoms with E-state index in [-0.39, 0.29) is 36.3 Å². The highest BCUT2D eigenvalue weighted by atomic mass is 35.5. The molecule has 0 spiro atoms. The first-order chi connectivity index (χ1) is 5.20. The van der Waals surface area contributed by atoms with Crippen LogP contribution in [-0.2, 0) is 6.54 Å². The van der Waals surface area contributed by atoms with Crippen LogP contribution in [0.1, 0.15) is 5.82 Å². The molecule has 7 heteroatoms. The van der Waals surface area contributed by atoms with Crippen molar-refractivity contribution in [2.75, 3.05) is 6.54 Å². The predicted molar refractivity (Wildman–Crippen MR) is 53.3 cm³/mol. The first-order valence-corrected chi connectivity index (χ1v) is 3.29. The fraction of sp³-hybridized carbons (Fsp3) is 0.500. The summed E-state index contributed by atoms with van der Waals surface area (Å²) in [4.78, 5) is 13.6. The van der Waals surface area contributed by atoms with Crippen LogP contribution >= 0.6 is 24.8 Å². The third-order valence-corrected chi connectivity index (χ3v) is 1.45. The zero-order valence-electron chi connectivity index (χ0n) is 7.04. The summed E-state index contributed by atoms with van der Waals surface area (Å²) in [5, 5.41) is 9.98. The number of nitro groups is 1. The Balaban J connectivity index is 0. The van der Waals surface area contributed by atoms with Gasteiger partial charge >= 0.3 is 0 Å². The number of halogens is 2. The zero-order valence-corrected chi connectivity index (χ0v) is 8.68. The predicted octanol–water partition coefficient (Wildman–Crippen LogP) is 1.31. The molecule has 0 unspecified atom stereocenters. The van der Waals surface area contributed by atoms with Crippen LogP contribution in [0.3, 0.4) is 0 Å². The molecule has 0 aliphatic heterocycles. The smallest absolute Gasteiger partial charge is 0.221 e. The fourth-order valence-corrected chi connectivity index (χ4v) is 0.829. The van der Waals surface area contributed by atoms with E-state index in [0.29, 0.717) is 6.54 Å². The molecule has 0 saturated heterocycles. The lowest BCUT2D eigenvalue weighted by Crippen LogP contribution is -2.10. The number of hydrogen-bond donors (Lipinski definition) is 0. The SMILES string of the molecule is Cc1nccn1CC[N+](=O)[O-].Cl.Cl. The number of rotatable bonds is 3. The highest BCUT2D eigenvalue weighted by Gasteiger charge is 2.00. The summed E-state index contributed by atoms with van der Waals surface area (Å²) >= 11 is 0. The Morgan fingerprint density at radius 3 is 2.62 bits per heavy atom. The van der Waals surface area contributed by atoms with Gasteiger partial charge in [-0.3, -0.25) is 10.1 Å². The molecule has 0 atom stereocenters. The van der Waals surface area contributed by atoms with E-state index in [1.165, 1.54) is 0 Å². The van der Waals surface area contributed by atoms with E-state index in [0.717, 1.165) is 5.82 Å². The maximum Gasteiger partial charge on any atom is 0.221 e. The molecule has 1 aromatic rings. The normalized spacial score (nSPS) is 8.38. The molecule has 13 heavy (non-hydrogen) atoms. The molecule has 0 aliphatic carbocycles. The van der Waals surface area contributed by atoms with Crippen molar-refractivity contribution in [3.63, 3.8) is 0 Å². The zero-order chi connectivity index (χ0) is 8.27. The van der Waals surface area contributed by atoms with E-state index in [9.17, 15) is 10.1 Å². The molecule has 1 aromatic heterocycles. The number of hydrogen-bond acceptors (Lipinski definition) is 3. The van der Waals surface area contributed by atoms with Crippen LogP contribution in [0, 0.1) is 17.0 Å². The van der Waals surface area contributed by atoms with Gasteiger partial charge < -0.3 is 4.57 Å². The Kier molecular flexibility index (Phi) is 7.55. The maximum absolute atomic E-state index is 9.98. The average molecular weight is 228 g/mol. The summed E-state index contributed by atoms with van der Waals surface area (Å²) in [6, 6.07) is 0. The monoisotopic (exact) mass is 227 g/mol. The van der Waals surface area contributed by atoms with Gasteiger partial charge in [0.25, 0.3) is 0 Å². The van der Waals surface area contributed by atoms with Gasteiger partial charge in [0, 0.05) is 17.3 Å². The van der Waals surface area contributed by atoms with Crippen molar-refractivity contribution >= 4 is 24.8 Å². The van der Waals surface area contributed by atoms with Crippen LogP contribution in [-0.4, -0.2) is 21.0 Å². The van der Waals surface area contributed by atoms with Crippen molar-refractivity contribution in [2.45, 2.75) is 13.5 Å². The van der Waals surface area contributed by atoms with Crippen molar-refractivity contribution < 1.29 is 4.92 Å². The molecule has 0 aliphatic rings. The second-order valence-corrected chi connectivity index (χ2v) is 2.22. The molecule has 0 fully saturated rings. The molecule has 76 valence electrons. The van der Waals surface area contributed by atoms with Crippen molar-refractivity contribution in [3.05, 3.63) is 28.3 Å². The van der Waals surface area contributed by atoms with Crippen LogP contribution in [0.2, 0.25) is 0 Å². The number of aromatic nitrogens is 2. The van der Waals surface area contributed by atoms with Crippen molar-refractivity contribution in [2.24, 2.45) is 0 Å². The summed E-state index contributed by atoms with van der Waals surface area (Å²) in [5.41, 5.74) is 0. The standard InChI is InChI=1S/C6H9N3O2.2ClH/c1-6-7-2-3-8(6)4-5-9(10)11;;/h2-3H,4-5H2,1H3;2*1H. The van der Waals surface area contributed by atoms with Gasteiger partial charge in [-0.25, -0.2) is 4.98 Å². The van der Waals surface area contributed by atoms with E-state index >= 15 is 0 Å². The van der Waals surface area contributed by atoms with Crippen LogP contribution in [0.5, 0.6) is 0 Å². The van der Waals surface area contributed by atoms with Crippen molar-refractivity contribution in [3.8, 4) is 0 Å². The van der Waals surface area contributed by atoms with E-state index in [1.54, 1.807) is 17.0 Å². The molecule has 0 radical (unpaired) electrons. The van der Waals surface area contributed by atoms with Gasteiger partial charge in [0.05, 0.1) is 6.54 Å².